The van der Waals surface area contributed by atoms with Crippen molar-refractivity contribution in [1.82, 2.24) is 4.90 Å². The number of nitrogens with zero attached hydrogens (tertiary/aromatic N) is 1. The van der Waals surface area contributed by atoms with Crippen LogP contribution >= 0.6 is 0 Å². The highest BCUT2D eigenvalue weighted by Crippen LogP contribution is 2.05. The minimum absolute atomic E-state index is 0.122. The number of likely N-dealkylation sites (tertiary alicyclic amines) is 1. The van der Waals surface area contributed by atoms with E-state index in [2.05, 4.69) is 9.64 Å². The molecular weight excluding hydrogens is 168 g/mol. The zero-order valence-electron chi connectivity index (χ0n) is 8.54. The van der Waals surface area contributed by atoms with Gasteiger partial charge in [-0.25, -0.2) is 0 Å². The topological polar surface area (TPSA) is 58.7 Å². The van der Waals surface area contributed by atoms with Crippen molar-refractivity contribution in [2.24, 2.45) is 5.73 Å². The van der Waals surface area contributed by atoms with E-state index in [0.717, 1.165) is 6.67 Å². The average molecular weight is 190 g/mol. The molecule has 4 heteroatoms. The summed E-state index contributed by atoms with van der Waals surface area (Å²) in [6, 6.07) is 0. The summed E-state index contributed by atoms with van der Waals surface area (Å²) in [7, 11) is 1.55. The Labute approximate surface area is 80.7 Å². The van der Waals surface area contributed by atoms with Crippen LogP contribution in [0.3, 0.4) is 0 Å². The van der Waals surface area contributed by atoms with Gasteiger partial charge >= 0.3 is 0 Å². The largest absolute Gasteiger partial charge is 0.394 e. The first kappa shape index (κ1) is 12.8. The van der Waals surface area contributed by atoms with Crippen LogP contribution in [0.1, 0.15) is 19.3 Å². The number of aliphatic hydroxyl groups is 1. The Hall–Kier alpha value is -0.160. The third kappa shape index (κ3) is 8.18. The van der Waals surface area contributed by atoms with E-state index >= 15 is 0 Å². The molecule has 0 aromatic heterocycles. The minimum Gasteiger partial charge on any atom is -0.394 e. The molecule has 13 heavy (non-hydrogen) atoms. The number of hydrogen-bond donors (Lipinski definition) is 2. The van der Waals surface area contributed by atoms with Crippen molar-refractivity contribution in [3.8, 4) is 0 Å². The van der Waals surface area contributed by atoms with Crippen LogP contribution in [-0.2, 0) is 4.74 Å². The normalized spacial score (nSPS) is 17.8. The first-order valence-corrected chi connectivity index (χ1v) is 4.87. The quantitative estimate of drug-likeness (QED) is 0.658. The standard InChI is InChI=1S/C6H14N2.C3H8O2/c7-6-8-4-2-1-3-5-8;1-5-3-2-4/h1-7H2;4H,2-3H2,1H3. The highest BCUT2D eigenvalue weighted by molar-refractivity contribution is 4.60. The van der Waals surface area contributed by atoms with E-state index in [-0.39, 0.29) is 6.61 Å². The van der Waals surface area contributed by atoms with Gasteiger partial charge in [0.05, 0.1) is 13.2 Å². The molecule has 0 radical (unpaired) electrons. The zero-order valence-corrected chi connectivity index (χ0v) is 8.54. The highest BCUT2D eigenvalue weighted by atomic mass is 16.5. The number of methoxy groups -OCH3 is 1. The maximum atomic E-state index is 7.94. The number of ether oxygens (including phenoxy) is 1. The molecule has 0 spiro atoms. The van der Waals surface area contributed by atoms with Crippen molar-refractivity contribution in [3.05, 3.63) is 0 Å². The maximum Gasteiger partial charge on any atom is 0.0693 e. The summed E-state index contributed by atoms with van der Waals surface area (Å²) in [6.07, 6.45) is 4.09. The molecule has 1 aliphatic rings. The smallest absolute Gasteiger partial charge is 0.0693 e. The molecule has 1 heterocycles. The molecule has 0 saturated carbocycles. The number of rotatable bonds is 3. The highest BCUT2D eigenvalue weighted by Gasteiger charge is 2.05. The second kappa shape index (κ2) is 9.92. The molecule has 1 rings (SSSR count). The van der Waals surface area contributed by atoms with E-state index in [1.165, 1.54) is 32.4 Å². The van der Waals surface area contributed by atoms with Gasteiger partial charge in [-0.3, -0.25) is 4.90 Å². The third-order valence-electron chi connectivity index (χ3n) is 2.00. The second-order valence-electron chi connectivity index (χ2n) is 3.08. The molecule has 0 amide bonds. The number of hydrogen-bond acceptors (Lipinski definition) is 4. The fraction of sp³-hybridized carbons (Fsp3) is 1.00. The van der Waals surface area contributed by atoms with E-state index in [1.807, 2.05) is 0 Å². The minimum atomic E-state index is 0.122. The lowest BCUT2D eigenvalue weighted by Gasteiger charge is -2.23. The molecule has 3 N–H and O–H groups in total. The Morgan fingerprint density at radius 2 is 1.92 bits per heavy atom. The maximum absolute atomic E-state index is 7.94. The van der Waals surface area contributed by atoms with Crippen LogP contribution in [-0.4, -0.2) is 50.1 Å². The van der Waals surface area contributed by atoms with Gasteiger partial charge in [-0.05, 0) is 25.9 Å². The van der Waals surface area contributed by atoms with E-state index in [9.17, 15) is 0 Å². The molecule has 1 saturated heterocycles. The van der Waals surface area contributed by atoms with Gasteiger partial charge in [0.2, 0.25) is 0 Å². The lowest BCUT2D eigenvalue weighted by atomic mass is 10.1. The van der Waals surface area contributed by atoms with Crippen LogP contribution < -0.4 is 5.73 Å². The van der Waals surface area contributed by atoms with Gasteiger partial charge in [-0.1, -0.05) is 6.42 Å². The number of piperidine rings is 1. The van der Waals surface area contributed by atoms with Crippen LogP contribution in [0.4, 0.5) is 0 Å². The number of aliphatic hydroxyl groups excluding tert-OH is 1. The fourth-order valence-electron chi connectivity index (χ4n) is 1.23. The summed E-state index contributed by atoms with van der Waals surface area (Å²) in [4.78, 5) is 2.30. The molecule has 1 fully saturated rings. The van der Waals surface area contributed by atoms with Gasteiger partial charge in [-0.2, -0.15) is 0 Å². The molecule has 1 aliphatic heterocycles. The van der Waals surface area contributed by atoms with Crippen molar-refractivity contribution >= 4 is 0 Å². The molecule has 0 aliphatic carbocycles. The average Bonchev–Trinajstić information content (AvgIpc) is 2.21. The SMILES string of the molecule is COCCO.NCN1CCCCC1. The summed E-state index contributed by atoms with van der Waals surface area (Å²) in [5, 5.41) is 7.94. The Morgan fingerprint density at radius 1 is 1.31 bits per heavy atom. The van der Waals surface area contributed by atoms with Crippen molar-refractivity contribution in [2.75, 3.05) is 40.1 Å². The summed E-state index contributed by atoms with van der Waals surface area (Å²) in [5.41, 5.74) is 5.43. The van der Waals surface area contributed by atoms with Crippen molar-refractivity contribution in [3.63, 3.8) is 0 Å². The molecule has 0 unspecified atom stereocenters. The summed E-state index contributed by atoms with van der Waals surface area (Å²) < 4.78 is 4.44. The van der Waals surface area contributed by atoms with E-state index in [0.29, 0.717) is 6.61 Å². The van der Waals surface area contributed by atoms with Gasteiger partial charge in [0.25, 0.3) is 0 Å². The van der Waals surface area contributed by atoms with Gasteiger partial charge in [0, 0.05) is 13.8 Å². The summed E-state index contributed by atoms with van der Waals surface area (Å²) in [5.74, 6) is 0. The van der Waals surface area contributed by atoms with Gasteiger partial charge in [0.1, 0.15) is 0 Å². The van der Waals surface area contributed by atoms with Crippen molar-refractivity contribution in [2.45, 2.75) is 19.3 Å². The first-order chi connectivity index (χ1) is 6.35. The zero-order chi connectivity index (χ0) is 9.94. The van der Waals surface area contributed by atoms with Crippen LogP contribution in [0.25, 0.3) is 0 Å². The molecular formula is C9H22N2O2. The van der Waals surface area contributed by atoms with Crippen LogP contribution in [0.2, 0.25) is 0 Å². The Morgan fingerprint density at radius 3 is 2.15 bits per heavy atom. The Bertz CT molecular complexity index is 93.6. The predicted octanol–water partition coefficient (Wildman–Crippen LogP) is 0.0136. The third-order valence-corrected chi connectivity index (χ3v) is 2.00. The van der Waals surface area contributed by atoms with Crippen LogP contribution in [0.5, 0.6) is 0 Å². The van der Waals surface area contributed by atoms with Gasteiger partial charge in [-0.15, -0.1) is 0 Å². The first-order valence-electron chi connectivity index (χ1n) is 4.87. The van der Waals surface area contributed by atoms with Crippen molar-refractivity contribution in [1.29, 1.82) is 0 Å². The Kier molecular flexibility index (Phi) is 9.80. The predicted molar refractivity (Wildman–Crippen MR) is 53.4 cm³/mol. The van der Waals surface area contributed by atoms with Gasteiger partial charge < -0.3 is 15.6 Å². The monoisotopic (exact) mass is 190 g/mol. The lowest BCUT2D eigenvalue weighted by Crippen LogP contribution is -2.34. The Balaban J connectivity index is 0.000000252. The molecule has 0 aromatic carbocycles. The molecule has 4 nitrogen and oxygen atoms in total. The molecule has 0 atom stereocenters. The molecule has 80 valence electrons. The molecule has 0 bridgehead atoms. The van der Waals surface area contributed by atoms with E-state index < -0.39 is 0 Å². The van der Waals surface area contributed by atoms with Crippen molar-refractivity contribution < 1.29 is 9.84 Å². The van der Waals surface area contributed by atoms with E-state index in [4.69, 9.17) is 10.8 Å². The van der Waals surface area contributed by atoms with Crippen LogP contribution in [0.15, 0.2) is 0 Å². The van der Waals surface area contributed by atoms with Crippen LogP contribution in [0, 0.1) is 0 Å². The van der Waals surface area contributed by atoms with Gasteiger partial charge in [0.15, 0.2) is 0 Å². The molecule has 0 aromatic rings. The second-order valence-corrected chi connectivity index (χ2v) is 3.08. The fourth-order valence-corrected chi connectivity index (χ4v) is 1.23. The lowest BCUT2D eigenvalue weighted by molar-refractivity contribution is 0.135. The summed E-state index contributed by atoms with van der Waals surface area (Å²) >= 11 is 0. The van der Waals surface area contributed by atoms with E-state index in [1.54, 1.807) is 7.11 Å². The number of nitrogens with two attached hydrogens (primary N) is 1. The summed E-state index contributed by atoms with van der Waals surface area (Å²) in [6.45, 7) is 3.75.